The van der Waals surface area contributed by atoms with E-state index in [2.05, 4.69) is 110 Å². The first kappa shape index (κ1) is 16.9. The van der Waals surface area contributed by atoms with Gasteiger partial charge in [0, 0.05) is 0 Å². The van der Waals surface area contributed by atoms with E-state index in [4.69, 9.17) is 0 Å². The zero-order valence-corrected chi connectivity index (χ0v) is 17.1. The second-order valence-corrected chi connectivity index (χ2v) is 18.0. The maximum absolute atomic E-state index is 3.53. The number of hydrogen-bond acceptors (Lipinski definition) is 0. The summed E-state index contributed by atoms with van der Waals surface area (Å²) in [6.45, 7) is 4.27. The van der Waals surface area contributed by atoms with E-state index in [0.29, 0.717) is 3.93 Å². The van der Waals surface area contributed by atoms with Gasteiger partial charge in [-0.25, -0.2) is 0 Å². The molecule has 0 N–H and O–H groups in total. The molecule has 1 unspecified atom stereocenters. The molecule has 0 nitrogen and oxygen atoms in total. The molecule has 0 fully saturated rings. The van der Waals surface area contributed by atoms with E-state index in [-0.39, 0.29) is 0 Å². The molecule has 3 aromatic rings. The Bertz CT molecular complexity index is 730. The quantitative estimate of drug-likeness (QED) is 0.450. The van der Waals surface area contributed by atoms with Gasteiger partial charge in [-0.1, -0.05) is 0 Å². The van der Waals surface area contributed by atoms with Crippen LogP contribution in [0.3, 0.4) is 0 Å². The van der Waals surface area contributed by atoms with Crippen molar-refractivity contribution in [1.82, 2.24) is 0 Å². The van der Waals surface area contributed by atoms with Gasteiger partial charge in [0.25, 0.3) is 0 Å². The van der Waals surface area contributed by atoms with Gasteiger partial charge >= 0.3 is 150 Å². The predicted molar refractivity (Wildman–Crippen MR) is 107 cm³/mol. The van der Waals surface area contributed by atoms with Gasteiger partial charge in [-0.05, 0) is 0 Å². The Morgan fingerprint density at radius 3 is 1.25 bits per heavy atom. The molecule has 0 saturated carbocycles. The summed E-state index contributed by atoms with van der Waals surface area (Å²) in [7, 11) is 0. The van der Waals surface area contributed by atoms with Gasteiger partial charge in [0.15, 0.2) is 0 Å². The van der Waals surface area contributed by atoms with Crippen molar-refractivity contribution in [1.29, 1.82) is 0 Å². The van der Waals surface area contributed by atoms with E-state index in [9.17, 15) is 0 Å². The SMILES string of the molecule is CC#C[CH](C)[Sn]([c]1ccccc1)([c]1ccccc1)[c]1ccccc1. The molecule has 118 valence electrons. The van der Waals surface area contributed by atoms with E-state index >= 15 is 0 Å². The summed E-state index contributed by atoms with van der Waals surface area (Å²) in [5, 5.41) is 0. The Morgan fingerprint density at radius 2 is 0.958 bits per heavy atom. The number of hydrogen-bond donors (Lipinski definition) is 0. The number of benzene rings is 3. The molecule has 0 aromatic heterocycles. The molecule has 1 heteroatoms. The summed E-state index contributed by atoms with van der Waals surface area (Å²) >= 11 is -3.21. The van der Waals surface area contributed by atoms with Crippen molar-refractivity contribution >= 4 is 29.1 Å². The van der Waals surface area contributed by atoms with Crippen LogP contribution in [-0.2, 0) is 0 Å². The molecule has 0 spiro atoms. The monoisotopic (exact) mass is 418 g/mol. The minimum atomic E-state index is -3.21. The average molecular weight is 417 g/mol. The van der Waals surface area contributed by atoms with Gasteiger partial charge in [0.05, 0.1) is 0 Å². The molecule has 0 aliphatic rings. The standard InChI is InChI=1S/3C6H5.C5H7.Sn/c3*1-2-4-6-5-3-1;1-3-5-4-2;/h3*1-5H;3H,1-2H3;. The fourth-order valence-corrected chi connectivity index (χ4v) is 18.0. The van der Waals surface area contributed by atoms with Crippen molar-refractivity contribution in [3.63, 3.8) is 0 Å². The van der Waals surface area contributed by atoms with Crippen LogP contribution in [0.5, 0.6) is 0 Å². The van der Waals surface area contributed by atoms with Crippen LogP contribution < -0.4 is 10.7 Å². The van der Waals surface area contributed by atoms with Crippen LogP contribution in [0.15, 0.2) is 91.0 Å². The molecule has 3 rings (SSSR count). The fraction of sp³-hybridized carbons (Fsp3) is 0.130. The second kappa shape index (κ2) is 7.73. The summed E-state index contributed by atoms with van der Waals surface area (Å²) in [5.41, 5.74) is 0. The van der Waals surface area contributed by atoms with E-state index in [1.165, 1.54) is 10.7 Å². The van der Waals surface area contributed by atoms with Crippen LogP contribution in [0.25, 0.3) is 0 Å². The summed E-state index contributed by atoms with van der Waals surface area (Å²) in [6, 6.07) is 33.2. The third-order valence-corrected chi connectivity index (χ3v) is 19.5. The maximum atomic E-state index is 3.53. The Labute approximate surface area is 149 Å². The molecule has 0 aliphatic carbocycles. The molecule has 24 heavy (non-hydrogen) atoms. The molecular formula is C23H22Sn. The van der Waals surface area contributed by atoms with Gasteiger partial charge in [0.1, 0.15) is 0 Å². The summed E-state index contributed by atoms with van der Waals surface area (Å²) in [6.07, 6.45) is 0. The summed E-state index contributed by atoms with van der Waals surface area (Å²) < 4.78 is 4.81. The molecule has 3 aromatic carbocycles. The first-order valence-electron chi connectivity index (χ1n) is 8.39. The first-order chi connectivity index (χ1) is 11.8. The fourth-order valence-electron chi connectivity index (χ4n) is 3.68. The van der Waals surface area contributed by atoms with Gasteiger partial charge in [-0.15, -0.1) is 0 Å². The van der Waals surface area contributed by atoms with Crippen molar-refractivity contribution < 1.29 is 0 Å². The average Bonchev–Trinajstić information content (AvgIpc) is 2.65. The molecule has 0 heterocycles. The topological polar surface area (TPSA) is 0 Å². The third kappa shape index (κ3) is 3.01. The van der Waals surface area contributed by atoms with Crippen molar-refractivity contribution in [2.75, 3.05) is 0 Å². The third-order valence-electron chi connectivity index (χ3n) is 4.70. The minimum absolute atomic E-state index is 0.358. The summed E-state index contributed by atoms with van der Waals surface area (Å²) in [4.78, 5) is 0. The van der Waals surface area contributed by atoms with E-state index in [1.807, 2.05) is 6.92 Å². The van der Waals surface area contributed by atoms with Crippen LogP contribution in [-0.4, -0.2) is 18.4 Å². The molecule has 1 atom stereocenters. The van der Waals surface area contributed by atoms with Crippen molar-refractivity contribution in [3.05, 3.63) is 91.0 Å². The predicted octanol–water partition coefficient (Wildman–Crippen LogP) is 3.57. The van der Waals surface area contributed by atoms with E-state index in [0.717, 1.165) is 0 Å². The second-order valence-electron chi connectivity index (χ2n) is 6.02. The van der Waals surface area contributed by atoms with Crippen LogP contribution in [0.2, 0.25) is 3.93 Å². The zero-order chi connectivity index (χ0) is 16.8. The van der Waals surface area contributed by atoms with Crippen molar-refractivity contribution in [2.45, 2.75) is 17.8 Å². The van der Waals surface area contributed by atoms with Crippen molar-refractivity contribution in [2.24, 2.45) is 0 Å². The van der Waals surface area contributed by atoms with Crippen LogP contribution >= 0.6 is 0 Å². The molecule has 0 saturated heterocycles. The van der Waals surface area contributed by atoms with Gasteiger partial charge in [-0.2, -0.15) is 0 Å². The zero-order valence-electron chi connectivity index (χ0n) is 14.2. The van der Waals surface area contributed by atoms with Crippen LogP contribution in [0.4, 0.5) is 0 Å². The Hall–Kier alpha value is -1.98. The molecule has 0 amide bonds. The van der Waals surface area contributed by atoms with Gasteiger partial charge in [0.2, 0.25) is 0 Å². The van der Waals surface area contributed by atoms with E-state index in [1.54, 1.807) is 0 Å². The Balaban J connectivity index is 2.38. The Morgan fingerprint density at radius 1 is 0.625 bits per heavy atom. The van der Waals surface area contributed by atoms with Crippen molar-refractivity contribution in [3.8, 4) is 11.8 Å². The molecular weight excluding hydrogens is 395 g/mol. The normalized spacial score (nSPS) is 12.1. The Kier molecular flexibility index (Phi) is 5.43. The van der Waals surface area contributed by atoms with Gasteiger partial charge in [-0.3, -0.25) is 0 Å². The first-order valence-corrected chi connectivity index (χ1v) is 14.3. The van der Waals surface area contributed by atoms with Gasteiger partial charge < -0.3 is 0 Å². The molecule has 0 bridgehead atoms. The molecule has 0 radical (unpaired) electrons. The molecule has 0 aliphatic heterocycles. The summed E-state index contributed by atoms with van der Waals surface area (Å²) in [5.74, 6) is 6.71. The van der Waals surface area contributed by atoms with Crippen LogP contribution in [0, 0.1) is 11.8 Å². The van der Waals surface area contributed by atoms with Crippen LogP contribution in [0.1, 0.15) is 13.8 Å². The van der Waals surface area contributed by atoms with E-state index < -0.39 is 18.4 Å². The number of rotatable bonds is 4.